The molecule has 0 unspecified atom stereocenters. The molecular formula is C18H16N2O3. The fraction of sp³-hybridized carbons (Fsp3) is 0.111. The predicted molar refractivity (Wildman–Crippen MR) is 89.0 cm³/mol. The number of hydrogen-bond acceptors (Lipinski definition) is 4. The summed E-state index contributed by atoms with van der Waals surface area (Å²) >= 11 is 0. The molecule has 0 aliphatic carbocycles. The SMILES string of the molecule is COc1ccc(/C=C/C(=O)c2nc3ccccc3[nH]2)cc1OC. The predicted octanol–water partition coefficient (Wildman–Crippen LogP) is 3.48. The number of nitrogens with zero attached hydrogens (tertiary/aromatic N) is 1. The number of methoxy groups -OCH3 is 2. The van der Waals surface area contributed by atoms with E-state index < -0.39 is 0 Å². The molecule has 5 heteroatoms. The number of ether oxygens (including phenoxy) is 2. The van der Waals surface area contributed by atoms with Crippen LogP contribution in [0.4, 0.5) is 0 Å². The van der Waals surface area contributed by atoms with E-state index in [9.17, 15) is 4.79 Å². The van der Waals surface area contributed by atoms with E-state index >= 15 is 0 Å². The van der Waals surface area contributed by atoms with E-state index in [0.717, 1.165) is 16.6 Å². The maximum absolute atomic E-state index is 12.2. The number of ketones is 1. The third-order valence-corrected chi connectivity index (χ3v) is 3.46. The molecular weight excluding hydrogens is 292 g/mol. The Balaban J connectivity index is 1.83. The third-order valence-electron chi connectivity index (χ3n) is 3.46. The van der Waals surface area contributed by atoms with Crippen LogP contribution in [0.5, 0.6) is 11.5 Å². The first-order chi connectivity index (χ1) is 11.2. The molecule has 0 aliphatic rings. The highest BCUT2D eigenvalue weighted by Gasteiger charge is 2.08. The third kappa shape index (κ3) is 3.08. The van der Waals surface area contributed by atoms with Crippen LogP contribution >= 0.6 is 0 Å². The van der Waals surface area contributed by atoms with E-state index in [1.54, 1.807) is 32.4 Å². The number of para-hydroxylation sites is 2. The zero-order valence-electron chi connectivity index (χ0n) is 12.9. The molecule has 0 spiro atoms. The number of aromatic nitrogens is 2. The van der Waals surface area contributed by atoms with Gasteiger partial charge in [0.1, 0.15) is 0 Å². The zero-order valence-corrected chi connectivity index (χ0v) is 12.9. The molecule has 0 bridgehead atoms. The summed E-state index contributed by atoms with van der Waals surface area (Å²) in [6, 6.07) is 13.0. The van der Waals surface area contributed by atoms with Gasteiger partial charge in [-0.1, -0.05) is 24.3 Å². The second-order valence-corrected chi connectivity index (χ2v) is 4.91. The molecule has 3 aromatic rings. The van der Waals surface area contributed by atoms with Crippen LogP contribution in [0.15, 0.2) is 48.5 Å². The number of nitrogens with one attached hydrogen (secondary N) is 1. The Hall–Kier alpha value is -3.08. The first-order valence-electron chi connectivity index (χ1n) is 7.10. The fourth-order valence-electron chi connectivity index (χ4n) is 2.28. The van der Waals surface area contributed by atoms with Crippen molar-refractivity contribution in [2.75, 3.05) is 14.2 Å². The van der Waals surface area contributed by atoms with Crippen LogP contribution in [0.2, 0.25) is 0 Å². The van der Waals surface area contributed by atoms with E-state index in [0.29, 0.717) is 17.3 Å². The highest BCUT2D eigenvalue weighted by molar-refractivity contribution is 6.05. The number of fused-ring (bicyclic) bond motifs is 1. The maximum atomic E-state index is 12.2. The average Bonchev–Trinajstić information content (AvgIpc) is 3.03. The van der Waals surface area contributed by atoms with E-state index in [2.05, 4.69) is 9.97 Å². The number of allylic oxidation sites excluding steroid dienone is 1. The number of H-pyrrole nitrogens is 1. The normalized spacial score (nSPS) is 11.0. The van der Waals surface area contributed by atoms with Gasteiger partial charge in [-0.15, -0.1) is 0 Å². The average molecular weight is 308 g/mol. The minimum Gasteiger partial charge on any atom is -0.493 e. The summed E-state index contributed by atoms with van der Waals surface area (Å²) in [6.45, 7) is 0. The zero-order chi connectivity index (χ0) is 16.2. The minimum atomic E-state index is -0.184. The van der Waals surface area contributed by atoms with Crippen LogP contribution in [-0.2, 0) is 0 Å². The van der Waals surface area contributed by atoms with Gasteiger partial charge in [0.05, 0.1) is 25.3 Å². The minimum absolute atomic E-state index is 0.184. The van der Waals surface area contributed by atoms with Gasteiger partial charge in [-0.25, -0.2) is 4.98 Å². The van der Waals surface area contributed by atoms with Crippen molar-refractivity contribution >= 4 is 22.9 Å². The Bertz CT molecular complexity index is 848. The molecule has 116 valence electrons. The van der Waals surface area contributed by atoms with Crippen LogP contribution in [0.3, 0.4) is 0 Å². The van der Waals surface area contributed by atoms with Crippen LogP contribution in [-0.4, -0.2) is 30.0 Å². The highest BCUT2D eigenvalue weighted by atomic mass is 16.5. The van der Waals surface area contributed by atoms with Crippen molar-refractivity contribution in [2.24, 2.45) is 0 Å². The van der Waals surface area contributed by atoms with Gasteiger partial charge in [-0.2, -0.15) is 0 Å². The van der Waals surface area contributed by atoms with Gasteiger partial charge in [0.2, 0.25) is 5.78 Å². The van der Waals surface area contributed by atoms with Gasteiger partial charge < -0.3 is 14.5 Å². The van der Waals surface area contributed by atoms with Gasteiger partial charge in [-0.05, 0) is 35.9 Å². The summed E-state index contributed by atoms with van der Waals surface area (Å²) in [5, 5.41) is 0. The molecule has 0 saturated carbocycles. The molecule has 3 rings (SSSR count). The molecule has 2 aromatic carbocycles. The first kappa shape index (κ1) is 14.8. The van der Waals surface area contributed by atoms with Gasteiger partial charge in [0, 0.05) is 0 Å². The summed E-state index contributed by atoms with van der Waals surface area (Å²) in [5.74, 6) is 1.40. The molecule has 0 atom stereocenters. The van der Waals surface area contributed by atoms with Crippen molar-refractivity contribution in [3.63, 3.8) is 0 Å². The van der Waals surface area contributed by atoms with Gasteiger partial charge >= 0.3 is 0 Å². The van der Waals surface area contributed by atoms with Crippen molar-refractivity contribution in [3.05, 3.63) is 59.9 Å². The van der Waals surface area contributed by atoms with E-state index in [4.69, 9.17) is 9.47 Å². The molecule has 0 amide bonds. The lowest BCUT2D eigenvalue weighted by molar-refractivity contribution is 0.103. The molecule has 0 radical (unpaired) electrons. The Morgan fingerprint density at radius 3 is 2.61 bits per heavy atom. The van der Waals surface area contributed by atoms with Crippen LogP contribution in [0.25, 0.3) is 17.1 Å². The Kier molecular flexibility index (Phi) is 4.10. The summed E-state index contributed by atoms with van der Waals surface area (Å²) in [4.78, 5) is 19.5. The molecule has 0 fully saturated rings. The summed E-state index contributed by atoms with van der Waals surface area (Å²) in [7, 11) is 3.16. The summed E-state index contributed by atoms with van der Waals surface area (Å²) < 4.78 is 10.4. The summed E-state index contributed by atoms with van der Waals surface area (Å²) in [5.41, 5.74) is 2.46. The number of aromatic amines is 1. The van der Waals surface area contributed by atoms with Gasteiger partial charge in [0.25, 0.3) is 0 Å². The van der Waals surface area contributed by atoms with Gasteiger partial charge in [-0.3, -0.25) is 4.79 Å². The van der Waals surface area contributed by atoms with Gasteiger partial charge in [0.15, 0.2) is 17.3 Å². The van der Waals surface area contributed by atoms with E-state index in [1.165, 1.54) is 6.08 Å². The topological polar surface area (TPSA) is 64.2 Å². The van der Waals surface area contributed by atoms with E-state index in [-0.39, 0.29) is 5.78 Å². The Morgan fingerprint density at radius 2 is 1.87 bits per heavy atom. The van der Waals surface area contributed by atoms with Crippen molar-refractivity contribution in [2.45, 2.75) is 0 Å². The fourth-order valence-corrected chi connectivity index (χ4v) is 2.28. The number of carbonyl (C=O) groups excluding carboxylic acids is 1. The van der Waals surface area contributed by atoms with Crippen molar-refractivity contribution in [3.8, 4) is 11.5 Å². The number of imidazole rings is 1. The first-order valence-corrected chi connectivity index (χ1v) is 7.10. The maximum Gasteiger partial charge on any atom is 0.221 e. The molecule has 5 nitrogen and oxygen atoms in total. The molecule has 23 heavy (non-hydrogen) atoms. The van der Waals surface area contributed by atoms with Crippen LogP contribution in [0.1, 0.15) is 16.2 Å². The lowest BCUT2D eigenvalue weighted by atomic mass is 10.1. The van der Waals surface area contributed by atoms with Crippen molar-refractivity contribution in [1.82, 2.24) is 9.97 Å². The lowest BCUT2D eigenvalue weighted by Gasteiger charge is -2.07. The second-order valence-electron chi connectivity index (χ2n) is 4.91. The second kappa shape index (κ2) is 6.36. The quantitative estimate of drug-likeness (QED) is 0.579. The molecule has 0 aliphatic heterocycles. The lowest BCUT2D eigenvalue weighted by Crippen LogP contribution is -1.96. The number of benzene rings is 2. The Morgan fingerprint density at radius 1 is 1.09 bits per heavy atom. The number of hydrogen-bond donors (Lipinski definition) is 1. The number of carbonyl (C=O) groups is 1. The molecule has 1 N–H and O–H groups in total. The highest BCUT2D eigenvalue weighted by Crippen LogP contribution is 2.28. The van der Waals surface area contributed by atoms with Crippen LogP contribution < -0.4 is 9.47 Å². The largest absolute Gasteiger partial charge is 0.493 e. The standard InChI is InChI=1S/C18H16N2O3/c1-22-16-10-8-12(11-17(16)23-2)7-9-15(21)18-19-13-5-3-4-6-14(13)20-18/h3-11H,1-2H3,(H,19,20)/b9-7+. The molecule has 0 saturated heterocycles. The van der Waals surface area contributed by atoms with E-state index in [1.807, 2.05) is 30.3 Å². The summed E-state index contributed by atoms with van der Waals surface area (Å²) in [6.07, 6.45) is 3.20. The smallest absolute Gasteiger partial charge is 0.221 e. The molecule has 1 heterocycles. The number of rotatable bonds is 5. The Labute approximate surface area is 133 Å². The van der Waals surface area contributed by atoms with Crippen molar-refractivity contribution in [1.29, 1.82) is 0 Å². The monoisotopic (exact) mass is 308 g/mol. The van der Waals surface area contributed by atoms with Crippen LogP contribution in [0, 0.1) is 0 Å². The molecule has 1 aromatic heterocycles. The van der Waals surface area contributed by atoms with Crippen molar-refractivity contribution < 1.29 is 14.3 Å².